The molecule has 0 radical (unpaired) electrons. The molecule has 2 amide bonds. The minimum Gasteiger partial charge on any atom is -0.444 e. The maximum absolute atomic E-state index is 14.0. The molecule has 3 heterocycles. The summed E-state index contributed by atoms with van der Waals surface area (Å²) in [5.41, 5.74) is 3.71. The predicted octanol–water partition coefficient (Wildman–Crippen LogP) is 7.36. The molecule has 0 aliphatic carbocycles. The van der Waals surface area contributed by atoms with Crippen LogP contribution in [0.25, 0.3) is 21.8 Å². The Morgan fingerprint density at radius 3 is 2.08 bits per heavy atom. The van der Waals surface area contributed by atoms with Crippen LogP contribution < -0.4 is 10.6 Å². The van der Waals surface area contributed by atoms with Crippen molar-refractivity contribution in [2.75, 3.05) is 0 Å². The first-order valence-corrected chi connectivity index (χ1v) is 17.3. The zero-order valence-electron chi connectivity index (χ0n) is 29.5. The lowest BCUT2D eigenvalue weighted by atomic mass is 10.0. The first-order valence-electron chi connectivity index (χ1n) is 17.3. The van der Waals surface area contributed by atoms with Crippen molar-refractivity contribution in [1.82, 2.24) is 35.4 Å². The van der Waals surface area contributed by atoms with Gasteiger partial charge in [0.1, 0.15) is 17.0 Å². The number of carbonyl (C=O) groups excluding carboxylic acids is 2. The van der Waals surface area contributed by atoms with E-state index in [0.29, 0.717) is 18.8 Å². The number of alkyl carbamates (subject to hydrolysis) is 1. The molecule has 6 rings (SSSR count). The summed E-state index contributed by atoms with van der Waals surface area (Å²) < 4.78 is 7.65. The molecule has 0 saturated heterocycles. The van der Waals surface area contributed by atoms with Crippen molar-refractivity contribution in [3.05, 3.63) is 120 Å². The highest BCUT2D eigenvalue weighted by Gasteiger charge is 2.35. The normalized spacial score (nSPS) is 12.7. The van der Waals surface area contributed by atoms with Crippen LogP contribution in [0, 0.1) is 0 Å². The van der Waals surface area contributed by atoms with Gasteiger partial charge in [-0.1, -0.05) is 66.7 Å². The van der Waals surface area contributed by atoms with Crippen molar-refractivity contribution in [2.45, 2.75) is 90.4 Å². The number of rotatable bonds is 13. The van der Waals surface area contributed by atoms with Crippen LogP contribution in [0.5, 0.6) is 0 Å². The lowest BCUT2D eigenvalue weighted by Gasteiger charge is -2.29. The molecule has 0 aliphatic rings. The van der Waals surface area contributed by atoms with Crippen molar-refractivity contribution in [1.29, 1.82) is 0 Å². The zero-order chi connectivity index (χ0) is 35.3. The fourth-order valence-corrected chi connectivity index (χ4v) is 6.38. The van der Waals surface area contributed by atoms with Crippen LogP contribution in [0.2, 0.25) is 0 Å². The largest absolute Gasteiger partial charge is 0.444 e. The second kappa shape index (κ2) is 14.6. The molecule has 0 saturated carbocycles. The van der Waals surface area contributed by atoms with Gasteiger partial charge in [0.15, 0.2) is 5.82 Å². The Balaban J connectivity index is 1.30. The molecule has 10 heteroatoms. The fourth-order valence-electron chi connectivity index (χ4n) is 6.38. The zero-order valence-corrected chi connectivity index (χ0v) is 29.5. The Morgan fingerprint density at radius 1 is 0.780 bits per heavy atom. The number of benzene rings is 3. The SMILES string of the molecule is CC(C)(C)OC(=O)NC(C)(C)C(=O)N[C@H](Cc1c[nH]c2ccccc12)c1nnc(CCCc2c[nH]c3ccccc23)n1CCc1ccccc1. The Bertz CT molecular complexity index is 2070. The number of amides is 2. The van der Waals surface area contributed by atoms with Crippen LogP contribution in [-0.4, -0.2) is 47.9 Å². The van der Waals surface area contributed by atoms with Gasteiger partial charge in [0.25, 0.3) is 0 Å². The number of aromatic amines is 2. The summed E-state index contributed by atoms with van der Waals surface area (Å²) in [6.07, 6.45) is 7.17. The second-order valence-corrected chi connectivity index (χ2v) is 14.4. The molecule has 10 nitrogen and oxygen atoms in total. The number of hydrogen-bond acceptors (Lipinski definition) is 5. The van der Waals surface area contributed by atoms with E-state index in [0.717, 1.165) is 53.5 Å². The van der Waals surface area contributed by atoms with Gasteiger partial charge in [-0.2, -0.15) is 0 Å². The van der Waals surface area contributed by atoms with E-state index in [4.69, 9.17) is 14.9 Å². The van der Waals surface area contributed by atoms with E-state index in [1.807, 2.05) is 48.7 Å². The number of nitrogens with zero attached hydrogens (tertiary/aromatic N) is 3. The van der Waals surface area contributed by atoms with E-state index in [-0.39, 0.29) is 5.91 Å². The number of H-pyrrole nitrogens is 2. The van der Waals surface area contributed by atoms with Crippen LogP contribution >= 0.6 is 0 Å². The standard InChI is InChI=1S/C40H47N7O3/c1-39(2,3)50-38(49)44-40(4,5)37(48)43-34(24-29-26-42-33-20-12-10-18-31(29)33)36-46-45-35(47(36)23-22-27-14-7-6-8-15-27)21-13-16-28-25-41-32-19-11-9-17-30(28)32/h6-12,14-15,17-20,25-26,34,41-42H,13,16,21-24H2,1-5H3,(H,43,48)(H,44,49)/t34-/m1/s1. The molecule has 0 bridgehead atoms. The van der Waals surface area contributed by atoms with E-state index in [2.05, 4.69) is 67.8 Å². The third-order valence-corrected chi connectivity index (χ3v) is 8.94. The third kappa shape index (κ3) is 8.25. The summed E-state index contributed by atoms with van der Waals surface area (Å²) in [6, 6.07) is 26.3. The molecular formula is C40H47N7O3. The monoisotopic (exact) mass is 673 g/mol. The third-order valence-electron chi connectivity index (χ3n) is 8.94. The summed E-state index contributed by atoms with van der Waals surface area (Å²) in [5, 5.41) is 17.8. The van der Waals surface area contributed by atoms with Gasteiger partial charge in [-0.3, -0.25) is 4.79 Å². The van der Waals surface area contributed by atoms with Gasteiger partial charge in [0.05, 0.1) is 6.04 Å². The first kappa shape index (κ1) is 34.5. The van der Waals surface area contributed by atoms with E-state index in [1.54, 1.807) is 34.6 Å². The molecule has 0 spiro atoms. The van der Waals surface area contributed by atoms with Gasteiger partial charge in [-0.25, -0.2) is 4.79 Å². The summed E-state index contributed by atoms with van der Waals surface area (Å²) in [6.45, 7) is 9.36. The van der Waals surface area contributed by atoms with Gasteiger partial charge >= 0.3 is 6.09 Å². The predicted molar refractivity (Wildman–Crippen MR) is 197 cm³/mol. The average molecular weight is 674 g/mol. The Hall–Kier alpha value is -5.38. The van der Waals surface area contributed by atoms with Gasteiger partial charge in [-0.05, 0) is 82.7 Å². The van der Waals surface area contributed by atoms with Crippen LogP contribution in [0.4, 0.5) is 4.79 Å². The summed E-state index contributed by atoms with van der Waals surface area (Å²) >= 11 is 0. The molecule has 4 N–H and O–H groups in total. The number of fused-ring (bicyclic) bond motifs is 2. The number of aryl methyl sites for hydroxylation is 3. The number of ether oxygens (including phenoxy) is 1. The minimum atomic E-state index is -1.27. The highest BCUT2D eigenvalue weighted by atomic mass is 16.6. The lowest BCUT2D eigenvalue weighted by molar-refractivity contribution is -0.127. The Labute approximate surface area is 293 Å². The highest BCUT2D eigenvalue weighted by molar-refractivity contribution is 5.89. The topological polar surface area (TPSA) is 130 Å². The van der Waals surface area contributed by atoms with E-state index in [9.17, 15) is 9.59 Å². The summed E-state index contributed by atoms with van der Waals surface area (Å²) in [4.78, 5) is 33.5. The molecule has 260 valence electrons. The maximum atomic E-state index is 14.0. The number of carbonyl (C=O) groups is 2. The molecule has 1 atom stereocenters. The maximum Gasteiger partial charge on any atom is 0.408 e. The van der Waals surface area contributed by atoms with Crippen molar-refractivity contribution in [3.63, 3.8) is 0 Å². The van der Waals surface area contributed by atoms with Crippen LogP contribution in [0.1, 0.15) is 75.4 Å². The first-order chi connectivity index (χ1) is 24.0. The van der Waals surface area contributed by atoms with Crippen LogP contribution in [0.15, 0.2) is 91.3 Å². The molecule has 50 heavy (non-hydrogen) atoms. The van der Waals surface area contributed by atoms with Crippen molar-refractivity contribution in [3.8, 4) is 0 Å². The van der Waals surface area contributed by atoms with Crippen LogP contribution in [0.3, 0.4) is 0 Å². The second-order valence-electron chi connectivity index (χ2n) is 14.4. The highest BCUT2D eigenvalue weighted by Crippen LogP contribution is 2.26. The number of nitrogens with one attached hydrogen (secondary N) is 4. The van der Waals surface area contributed by atoms with E-state index >= 15 is 0 Å². The average Bonchev–Trinajstić information content (AvgIpc) is 3.80. The molecule has 3 aromatic heterocycles. The Kier molecular flexibility index (Phi) is 10.1. The minimum absolute atomic E-state index is 0.355. The van der Waals surface area contributed by atoms with Crippen LogP contribution in [-0.2, 0) is 41.8 Å². The fraction of sp³-hybridized carbons (Fsp3) is 0.350. The number of aromatic nitrogens is 5. The number of para-hydroxylation sites is 2. The molecular weight excluding hydrogens is 626 g/mol. The number of hydrogen-bond donors (Lipinski definition) is 4. The quantitative estimate of drug-likeness (QED) is 0.102. The van der Waals surface area contributed by atoms with Crippen molar-refractivity contribution < 1.29 is 14.3 Å². The smallest absolute Gasteiger partial charge is 0.408 e. The summed E-state index contributed by atoms with van der Waals surface area (Å²) in [7, 11) is 0. The van der Waals surface area contributed by atoms with Gasteiger partial charge in [-0.15, -0.1) is 10.2 Å². The lowest BCUT2D eigenvalue weighted by Crippen LogP contribution is -2.56. The summed E-state index contributed by atoms with van der Waals surface area (Å²) in [5.74, 6) is 1.20. The van der Waals surface area contributed by atoms with Gasteiger partial charge in [0.2, 0.25) is 5.91 Å². The van der Waals surface area contributed by atoms with Crippen molar-refractivity contribution >= 4 is 33.8 Å². The van der Waals surface area contributed by atoms with E-state index < -0.39 is 23.3 Å². The molecule has 0 aliphatic heterocycles. The van der Waals surface area contributed by atoms with Crippen molar-refractivity contribution in [2.24, 2.45) is 0 Å². The van der Waals surface area contributed by atoms with E-state index in [1.165, 1.54) is 16.5 Å². The molecule has 6 aromatic rings. The molecule has 3 aromatic carbocycles. The van der Waals surface area contributed by atoms with Gasteiger partial charge < -0.3 is 29.9 Å². The Morgan fingerprint density at radius 2 is 1.40 bits per heavy atom. The van der Waals surface area contributed by atoms with Gasteiger partial charge in [0, 0.05) is 53.6 Å². The molecule has 0 unspecified atom stereocenters. The molecule has 0 fully saturated rings.